The third-order valence-electron chi connectivity index (χ3n) is 1.94. The van der Waals surface area contributed by atoms with E-state index in [4.69, 9.17) is 17.0 Å². The number of carbonyl (C=O) groups excluding carboxylic acids is 2. The lowest BCUT2D eigenvalue weighted by Gasteiger charge is -2.05. The summed E-state index contributed by atoms with van der Waals surface area (Å²) in [4.78, 5) is 23.3. The first-order valence-electron chi connectivity index (χ1n) is 5.42. The number of thioether (sulfide) groups is 1. The van der Waals surface area contributed by atoms with Gasteiger partial charge in [-0.25, -0.2) is 0 Å². The van der Waals surface area contributed by atoms with Gasteiger partial charge in [0.25, 0.3) is 5.91 Å². The maximum atomic E-state index is 11.7. The van der Waals surface area contributed by atoms with E-state index in [9.17, 15) is 9.59 Å². The minimum Gasteiger partial charge on any atom is -0.479 e. The minimum atomic E-state index is -0.413. The monoisotopic (exact) mass is 409 g/mol. The maximum Gasteiger partial charge on any atom is 0.257 e. The number of rotatable bonds is 4. The molecule has 0 aliphatic carbocycles. The van der Waals surface area contributed by atoms with Gasteiger partial charge in [0.05, 0.1) is 12.4 Å². The molecule has 0 aromatic heterocycles. The largest absolute Gasteiger partial charge is 0.479 e. The van der Waals surface area contributed by atoms with Crippen molar-refractivity contribution in [2.75, 3.05) is 12.4 Å². The molecule has 0 saturated heterocycles. The molecule has 0 aliphatic rings. The van der Waals surface area contributed by atoms with Crippen LogP contribution >= 0.6 is 46.6 Å². The van der Waals surface area contributed by atoms with Crippen LogP contribution in [0.15, 0.2) is 24.3 Å². The molecule has 0 spiro atoms. The Hall–Kier alpha value is -0.670. The van der Waals surface area contributed by atoms with Gasteiger partial charge in [-0.15, -0.1) is 0 Å². The number of nitrogens with one attached hydrogen (secondary N) is 1. The van der Waals surface area contributed by atoms with Gasteiger partial charge in [0, 0.05) is 9.13 Å². The molecule has 0 bridgehead atoms. The van der Waals surface area contributed by atoms with Crippen LogP contribution in [-0.4, -0.2) is 28.6 Å². The first kappa shape index (κ1) is 16.4. The Morgan fingerprint density at radius 3 is 2.58 bits per heavy atom. The highest BCUT2D eigenvalue weighted by Crippen LogP contribution is 2.08. The molecule has 7 heteroatoms. The zero-order valence-electron chi connectivity index (χ0n) is 10.1. The quantitative estimate of drug-likeness (QED) is 0.612. The van der Waals surface area contributed by atoms with Gasteiger partial charge in [-0.05, 0) is 66.0 Å². The van der Waals surface area contributed by atoms with Gasteiger partial charge in [-0.3, -0.25) is 14.9 Å². The Morgan fingerprint density at radius 1 is 1.37 bits per heavy atom. The highest BCUT2D eigenvalue weighted by molar-refractivity contribution is 14.1. The molecule has 19 heavy (non-hydrogen) atoms. The fraction of sp³-hybridized carbons (Fsp3) is 0.250. The van der Waals surface area contributed by atoms with Crippen molar-refractivity contribution in [3.8, 4) is 0 Å². The van der Waals surface area contributed by atoms with E-state index in [0.29, 0.717) is 16.6 Å². The number of imide groups is 1. The third kappa shape index (κ3) is 6.35. The molecule has 4 nitrogen and oxygen atoms in total. The molecular formula is C12H12INO3S2. The lowest BCUT2D eigenvalue weighted by Crippen LogP contribution is -2.32. The number of hydrogen-bond donors (Lipinski definition) is 1. The predicted octanol–water partition coefficient (Wildman–Crippen LogP) is 2.60. The molecule has 0 aliphatic heterocycles. The molecule has 0 saturated carbocycles. The van der Waals surface area contributed by atoms with Crippen molar-refractivity contribution in [1.29, 1.82) is 0 Å². The van der Waals surface area contributed by atoms with E-state index in [1.54, 1.807) is 24.3 Å². The van der Waals surface area contributed by atoms with E-state index in [-0.39, 0.29) is 5.75 Å². The molecular weight excluding hydrogens is 397 g/mol. The topological polar surface area (TPSA) is 55.4 Å². The number of amides is 2. The molecule has 0 heterocycles. The SMILES string of the molecule is CCOC(=S)SCC(=O)NC(=O)c1ccc(I)cc1. The number of benzene rings is 1. The van der Waals surface area contributed by atoms with Crippen LogP contribution in [0.1, 0.15) is 17.3 Å². The maximum absolute atomic E-state index is 11.7. The van der Waals surface area contributed by atoms with Crippen LogP contribution in [-0.2, 0) is 9.53 Å². The standard InChI is InChI=1S/C12H12INO3S2/c1-2-17-12(18)19-7-10(15)14-11(16)8-3-5-9(13)6-4-8/h3-6H,2,7H2,1H3,(H,14,15,16). The second-order valence-electron chi connectivity index (χ2n) is 3.36. The van der Waals surface area contributed by atoms with Crippen LogP contribution in [0.4, 0.5) is 0 Å². The molecule has 0 fully saturated rings. The fourth-order valence-corrected chi connectivity index (χ4v) is 2.30. The lowest BCUT2D eigenvalue weighted by molar-refractivity contribution is -0.117. The summed E-state index contributed by atoms with van der Waals surface area (Å²) in [5.41, 5.74) is 0.450. The number of carbonyl (C=O) groups is 2. The first-order valence-corrected chi connectivity index (χ1v) is 7.89. The molecule has 102 valence electrons. The van der Waals surface area contributed by atoms with E-state index >= 15 is 0 Å². The Morgan fingerprint density at radius 2 is 2.00 bits per heavy atom. The molecule has 1 rings (SSSR count). The zero-order valence-corrected chi connectivity index (χ0v) is 13.9. The Kier molecular flexibility index (Phi) is 7.32. The number of halogens is 1. The summed E-state index contributed by atoms with van der Waals surface area (Å²) in [6.45, 7) is 2.28. The van der Waals surface area contributed by atoms with Gasteiger partial charge >= 0.3 is 0 Å². The highest BCUT2D eigenvalue weighted by Gasteiger charge is 2.11. The molecule has 1 N–H and O–H groups in total. The van der Waals surface area contributed by atoms with Crippen LogP contribution in [0.2, 0.25) is 0 Å². The molecule has 1 aromatic carbocycles. The lowest BCUT2D eigenvalue weighted by atomic mass is 10.2. The van der Waals surface area contributed by atoms with Gasteiger partial charge < -0.3 is 4.74 Å². The van der Waals surface area contributed by atoms with Crippen molar-refractivity contribution in [3.05, 3.63) is 33.4 Å². The van der Waals surface area contributed by atoms with Gasteiger partial charge in [0.2, 0.25) is 10.3 Å². The van der Waals surface area contributed by atoms with Crippen molar-refractivity contribution in [2.45, 2.75) is 6.92 Å². The second-order valence-corrected chi connectivity index (χ2v) is 6.18. The van der Waals surface area contributed by atoms with E-state index in [1.165, 1.54) is 0 Å². The fourth-order valence-electron chi connectivity index (χ4n) is 1.12. The van der Waals surface area contributed by atoms with Crippen molar-refractivity contribution < 1.29 is 14.3 Å². The summed E-state index contributed by atoms with van der Waals surface area (Å²) in [6, 6.07) is 6.95. The van der Waals surface area contributed by atoms with Crippen LogP contribution in [0.3, 0.4) is 0 Å². The van der Waals surface area contributed by atoms with Crippen molar-refractivity contribution in [1.82, 2.24) is 5.32 Å². The van der Waals surface area contributed by atoms with Crippen molar-refractivity contribution >= 4 is 62.8 Å². The zero-order chi connectivity index (χ0) is 14.3. The van der Waals surface area contributed by atoms with Crippen LogP contribution < -0.4 is 5.32 Å². The summed E-state index contributed by atoms with van der Waals surface area (Å²) in [5.74, 6) is -0.741. The third-order valence-corrected chi connectivity index (χ3v) is 3.89. The average molecular weight is 409 g/mol. The summed E-state index contributed by atoms with van der Waals surface area (Å²) in [7, 11) is 0. The molecule has 0 unspecified atom stereocenters. The van der Waals surface area contributed by atoms with Crippen molar-refractivity contribution in [2.24, 2.45) is 0 Å². The highest BCUT2D eigenvalue weighted by atomic mass is 127. The predicted molar refractivity (Wildman–Crippen MR) is 88.3 cm³/mol. The Labute approximate surface area is 134 Å². The van der Waals surface area contributed by atoms with Crippen LogP contribution in [0.25, 0.3) is 0 Å². The van der Waals surface area contributed by atoms with Gasteiger partial charge in [-0.2, -0.15) is 0 Å². The van der Waals surface area contributed by atoms with E-state index in [0.717, 1.165) is 15.3 Å². The molecule has 0 atom stereocenters. The summed E-state index contributed by atoms with van der Waals surface area (Å²) in [5, 5.41) is 2.30. The number of ether oxygens (including phenoxy) is 1. The normalized spacial score (nSPS) is 9.79. The number of thiocarbonyl (C=S) groups is 1. The van der Waals surface area contributed by atoms with E-state index in [1.807, 2.05) is 6.92 Å². The van der Waals surface area contributed by atoms with Crippen molar-refractivity contribution in [3.63, 3.8) is 0 Å². The summed E-state index contributed by atoms with van der Waals surface area (Å²) < 4.78 is 6.35. The molecule has 2 amide bonds. The van der Waals surface area contributed by atoms with Gasteiger partial charge in [0.1, 0.15) is 0 Å². The molecule has 0 radical (unpaired) electrons. The smallest absolute Gasteiger partial charge is 0.257 e. The Bertz CT molecular complexity index is 476. The van der Waals surface area contributed by atoms with Gasteiger partial charge in [-0.1, -0.05) is 11.8 Å². The van der Waals surface area contributed by atoms with E-state index < -0.39 is 11.8 Å². The molecule has 1 aromatic rings. The number of hydrogen-bond acceptors (Lipinski definition) is 5. The Balaban J connectivity index is 2.42. The average Bonchev–Trinajstić information content (AvgIpc) is 2.37. The minimum absolute atomic E-state index is 0.0644. The summed E-state index contributed by atoms with van der Waals surface area (Å²) >= 11 is 8.10. The van der Waals surface area contributed by atoms with Crippen LogP contribution in [0, 0.1) is 3.57 Å². The summed E-state index contributed by atoms with van der Waals surface area (Å²) in [6.07, 6.45) is 0. The van der Waals surface area contributed by atoms with Gasteiger partial charge in [0.15, 0.2) is 0 Å². The van der Waals surface area contributed by atoms with E-state index in [2.05, 4.69) is 27.9 Å². The first-order chi connectivity index (χ1) is 9.02. The second kappa shape index (κ2) is 8.49. The van der Waals surface area contributed by atoms with Crippen LogP contribution in [0.5, 0.6) is 0 Å².